The van der Waals surface area contributed by atoms with Crippen LogP contribution in [0.2, 0.25) is 0 Å². The van der Waals surface area contributed by atoms with Gasteiger partial charge in [-0.2, -0.15) is 18.3 Å². The van der Waals surface area contributed by atoms with Crippen LogP contribution in [-0.2, 0) is 6.54 Å². The number of hydrogen-bond acceptors (Lipinski definition) is 2. The van der Waals surface area contributed by atoms with E-state index in [4.69, 9.17) is 0 Å². The van der Waals surface area contributed by atoms with Gasteiger partial charge in [0.15, 0.2) is 0 Å². The van der Waals surface area contributed by atoms with E-state index in [9.17, 15) is 18.0 Å². The van der Waals surface area contributed by atoms with E-state index in [1.54, 1.807) is 10.00 Å². The number of aryl methyl sites for hydroxylation is 3. The van der Waals surface area contributed by atoms with Gasteiger partial charge in [-0.05, 0) is 26.3 Å². The zero-order valence-corrected chi connectivity index (χ0v) is 10.8. The summed E-state index contributed by atoms with van der Waals surface area (Å²) >= 11 is 0. The van der Waals surface area contributed by atoms with E-state index >= 15 is 0 Å². The first-order chi connectivity index (χ1) is 8.78. The first-order valence-electron chi connectivity index (χ1n) is 5.87. The molecule has 1 rings (SSSR count). The molecule has 2 N–H and O–H groups in total. The van der Waals surface area contributed by atoms with Crippen LogP contribution >= 0.6 is 0 Å². The summed E-state index contributed by atoms with van der Waals surface area (Å²) in [7, 11) is 0. The molecule has 0 fully saturated rings. The highest BCUT2D eigenvalue weighted by Gasteiger charge is 2.27. The first-order valence-corrected chi connectivity index (χ1v) is 5.87. The van der Waals surface area contributed by atoms with E-state index in [1.165, 1.54) is 0 Å². The van der Waals surface area contributed by atoms with Gasteiger partial charge in [-0.25, -0.2) is 4.79 Å². The maximum Gasteiger partial charge on any atom is 0.405 e. The minimum Gasteiger partial charge on any atom is -0.338 e. The average molecular weight is 278 g/mol. The Morgan fingerprint density at radius 1 is 1.37 bits per heavy atom. The number of urea groups is 1. The molecule has 0 aliphatic rings. The second-order valence-electron chi connectivity index (χ2n) is 4.23. The lowest BCUT2D eigenvalue weighted by molar-refractivity contribution is -0.122. The van der Waals surface area contributed by atoms with Crippen molar-refractivity contribution in [3.63, 3.8) is 0 Å². The fourth-order valence-electron chi connectivity index (χ4n) is 1.58. The summed E-state index contributed by atoms with van der Waals surface area (Å²) in [5, 5.41) is 8.33. The van der Waals surface area contributed by atoms with Crippen LogP contribution in [0, 0.1) is 13.8 Å². The third-order valence-corrected chi connectivity index (χ3v) is 2.38. The first kappa shape index (κ1) is 15.3. The molecule has 5 nitrogen and oxygen atoms in total. The third kappa shape index (κ3) is 6.12. The third-order valence-electron chi connectivity index (χ3n) is 2.38. The van der Waals surface area contributed by atoms with Crippen molar-refractivity contribution in [3.05, 3.63) is 17.5 Å². The molecule has 1 aromatic rings. The minimum absolute atomic E-state index is 0.294. The predicted octanol–water partition coefficient (Wildman–Crippen LogP) is 1.75. The smallest absolute Gasteiger partial charge is 0.338 e. The van der Waals surface area contributed by atoms with Crippen LogP contribution in [0.4, 0.5) is 18.0 Å². The van der Waals surface area contributed by atoms with Gasteiger partial charge in [0.2, 0.25) is 0 Å². The summed E-state index contributed by atoms with van der Waals surface area (Å²) in [5.74, 6) is 0. The average Bonchev–Trinajstić information content (AvgIpc) is 2.60. The Morgan fingerprint density at radius 3 is 2.58 bits per heavy atom. The van der Waals surface area contributed by atoms with E-state index in [2.05, 4.69) is 10.4 Å². The molecule has 0 spiro atoms. The molecule has 0 unspecified atom stereocenters. The van der Waals surface area contributed by atoms with Crippen molar-refractivity contribution in [2.24, 2.45) is 0 Å². The van der Waals surface area contributed by atoms with Crippen molar-refractivity contribution in [1.29, 1.82) is 0 Å². The van der Waals surface area contributed by atoms with Crippen LogP contribution in [0.15, 0.2) is 6.07 Å². The van der Waals surface area contributed by atoms with Gasteiger partial charge >= 0.3 is 12.2 Å². The monoisotopic (exact) mass is 278 g/mol. The molecule has 19 heavy (non-hydrogen) atoms. The van der Waals surface area contributed by atoms with Gasteiger partial charge in [-0.15, -0.1) is 0 Å². The Bertz CT molecular complexity index is 428. The van der Waals surface area contributed by atoms with Crippen molar-refractivity contribution in [3.8, 4) is 0 Å². The Labute approximate surface area is 109 Å². The fraction of sp³-hybridized carbons (Fsp3) is 0.636. The predicted molar refractivity (Wildman–Crippen MR) is 63.8 cm³/mol. The van der Waals surface area contributed by atoms with Crippen LogP contribution in [0.3, 0.4) is 0 Å². The van der Waals surface area contributed by atoms with Gasteiger partial charge in [-0.3, -0.25) is 4.68 Å². The Balaban J connectivity index is 2.17. The van der Waals surface area contributed by atoms with Crippen molar-refractivity contribution in [1.82, 2.24) is 20.4 Å². The molecule has 0 bridgehead atoms. The fourth-order valence-corrected chi connectivity index (χ4v) is 1.58. The Hall–Kier alpha value is -1.73. The molecule has 0 radical (unpaired) electrons. The topological polar surface area (TPSA) is 59.0 Å². The quantitative estimate of drug-likeness (QED) is 0.806. The molecule has 0 aliphatic carbocycles. The lowest BCUT2D eigenvalue weighted by Crippen LogP contribution is -2.41. The van der Waals surface area contributed by atoms with Crippen LogP contribution in [-0.4, -0.2) is 35.1 Å². The maximum atomic E-state index is 11.8. The number of halogens is 3. The van der Waals surface area contributed by atoms with Gasteiger partial charge < -0.3 is 10.6 Å². The van der Waals surface area contributed by atoms with Crippen LogP contribution in [0.5, 0.6) is 0 Å². The highest BCUT2D eigenvalue weighted by molar-refractivity contribution is 5.73. The van der Waals surface area contributed by atoms with Crippen LogP contribution in [0.1, 0.15) is 17.8 Å². The number of hydrogen-bond donors (Lipinski definition) is 2. The number of amides is 2. The highest BCUT2D eigenvalue weighted by atomic mass is 19.4. The minimum atomic E-state index is -4.39. The van der Waals surface area contributed by atoms with E-state index in [0.29, 0.717) is 19.5 Å². The van der Waals surface area contributed by atoms with Crippen LogP contribution < -0.4 is 10.6 Å². The molecule has 8 heteroatoms. The molecule has 0 atom stereocenters. The summed E-state index contributed by atoms with van der Waals surface area (Å²) in [6.45, 7) is 3.38. The number of alkyl halides is 3. The van der Waals surface area contributed by atoms with E-state index in [0.717, 1.165) is 11.4 Å². The van der Waals surface area contributed by atoms with E-state index < -0.39 is 18.8 Å². The lowest BCUT2D eigenvalue weighted by atomic mass is 10.4. The normalized spacial score (nSPS) is 11.4. The van der Waals surface area contributed by atoms with Gasteiger partial charge in [0.25, 0.3) is 0 Å². The summed E-state index contributed by atoms with van der Waals surface area (Å²) in [4.78, 5) is 11.0. The molecule has 0 saturated heterocycles. The molecule has 0 aromatic carbocycles. The zero-order valence-electron chi connectivity index (χ0n) is 10.8. The van der Waals surface area contributed by atoms with Gasteiger partial charge in [0.05, 0.1) is 5.69 Å². The van der Waals surface area contributed by atoms with Crippen molar-refractivity contribution >= 4 is 6.03 Å². The van der Waals surface area contributed by atoms with Crippen LogP contribution in [0.25, 0.3) is 0 Å². The molecule has 0 saturated carbocycles. The number of rotatable bonds is 5. The van der Waals surface area contributed by atoms with Gasteiger partial charge in [0.1, 0.15) is 6.54 Å². The standard InChI is InChI=1S/C11H17F3N4O/c1-8-6-9(2)18(17-8)5-3-4-15-10(19)16-7-11(12,13)14/h6H,3-5,7H2,1-2H3,(H2,15,16,19). The number of nitrogens with zero attached hydrogens (tertiary/aromatic N) is 2. The molecule has 108 valence electrons. The number of carbonyl (C=O) groups excluding carboxylic acids is 1. The largest absolute Gasteiger partial charge is 0.405 e. The number of aromatic nitrogens is 2. The summed E-state index contributed by atoms with van der Waals surface area (Å²) in [6, 6.07) is 1.12. The Kier molecular flexibility index (Phi) is 5.20. The summed E-state index contributed by atoms with van der Waals surface area (Å²) in [6.07, 6.45) is -3.79. The molecule has 2 amide bonds. The van der Waals surface area contributed by atoms with E-state index in [1.807, 2.05) is 19.9 Å². The second kappa shape index (κ2) is 6.44. The molecular weight excluding hydrogens is 261 g/mol. The maximum absolute atomic E-state index is 11.8. The SMILES string of the molecule is Cc1cc(C)n(CCCNC(=O)NCC(F)(F)F)n1. The summed E-state index contributed by atoms with van der Waals surface area (Å²) in [5.41, 5.74) is 1.92. The van der Waals surface area contributed by atoms with E-state index in [-0.39, 0.29) is 0 Å². The zero-order chi connectivity index (χ0) is 14.5. The van der Waals surface area contributed by atoms with Gasteiger partial charge in [-0.1, -0.05) is 0 Å². The highest BCUT2D eigenvalue weighted by Crippen LogP contribution is 2.11. The number of carbonyl (C=O) groups is 1. The van der Waals surface area contributed by atoms with Crippen molar-refractivity contribution in [2.75, 3.05) is 13.1 Å². The molecular formula is C11H17F3N4O. The molecule has 1 heterocycles. The molecule has 0 aliphatic heterocycles. The van der Waals surface area contributed by atoms with Gasteiger partial charge in [0, 0.05) is 18.8 Å². The summed E-state index contributed by atoms with van der Waals surface area (Å²) < 4.78 is 37.3. The van der Waals surface area contributed by atoms with Crippen molar-refractivity contribution in [2.45, 2.75) is 33.0 Å². The Morgan fingerprint density at radius 2 is 2.05 bits per heavy atom. The van der Waals surface area contributed by atoms with Crippen molar-refractivity contribution < 1.29 is 18.0 Å². The lowest BCUT2D eigenvalue weighted by Gasteiger charge is -2.10. The number of nitrogens with one attached hydrogen (secondary N) is 2. The molecule has 1 aromatic heterocycles. The second-order valence-corrected chi connectivity index (χ2v) is 4.23.